The van der Waals surface area contributed by atoms with E-state index in [1.807, 2.05) is 0 Å². The normalized spacial score (nSPS) is 11.8. The highest BCUT2D eigenvalue weighted by molar-refractivity contribution is 6.87. The first kappa shape index (κ1) is 12.9. The Balaban J connectivity index is 2.17. The van der Waals surface area contributed by atoms with Crippen LogP contribution in [0.5, 0.6) is 0 Å². The average Bonchev–Trinajstić information content (AvgIpc) is 2.65. The first-order valence-corrected chi connectivity index (χ1v) is 11.4. The number of furan rings is 1. The Morgan fingerprint density at radius 3 is 2.41 bits per heavy atom. The Morgan fingerprint density at radius 2 is 1.82 bits per heavy atom. The van der Waals surface area contributed by atoms with Crippen LogP contribution in [0.2, 0.25) is 19.6 Å². The lowest BCUT2D eigenvalue weighted by atomic mass is 10.2. The van der Waals surface area contributed by atoms with Crippen LogP contribution >= 0.6 is 0 Å². The highest BCUT2D eigenvalue weighted by Gasteiger charge is 2.26. The molecule has 1 aromatic carbocycles. The second-order valence-corrected chi connectivity index (χ2v) is 13.1. The van der Waals surface area contributed by atoms with Crippen molar-refractivity contribution in [3.05, 3.63) is 49.3 Å². The molecule has 2 aromatic rings. The molecule has 0 bridgehead atoms. The number of aryl methyl sites for hydroxylation is 1. The molecule has 17 heavy (non-hydrogen) atoms. The highest BCUT2D eigenvalue weighted by atomic mass is 127. The van der Waals surface area contributed by atoms with Gasteiger partial charge in [-0.2, -0.15) is 0 Å². The summed E-state index contributed by atoms with van der Waals surface area (Å²) in [6.07, 6.45) is 0. The van der Waals surface area contributed by atoms with Crippen molar-refractivity contribution in [2.75, 3.05) is 0 Å². The molecule has 3 heteroatoms. The molecule has 0 aliphatic rings. The summed E-state index contributed by atoms with van der Waals surface area (Å²) < 4.78 is 8.62. The highest BCUT2D eigenvalue weighted by Crippen LogP contribution is 2.01. The van der Waals surface area contributed by atoms with E-state index in [0.29, 0.717) is 0 Å². The number of benzene rings is 1. The van der Waals surface area contributed by atoms with Gasteiger partial charge in [0, 0.05) is 6.07 Å². The lowest BCUT2D eigenvalue weighted by Crippen LogP contribution is -3.61. The third kappa shape index (κ3) is 3.45. The van der Waals surface area contributed by atoms with Gasteiger partial charge in [0.15, 0.2) is 3.57 Å². The summed E-state index contributed by atoms with van der Waals surface area (Å²) in [5.41, 5.74) is 1.33. The predicted molar refractivity (Wildman–Crippen MR) is 70.3 cm³/mol. The standard InChI is InChI=1S/C14H18IOSi/c1-11-6-5-7-12(10-11)15-13-8-9-14(16-13)17(2,3)4/h5-10H,1-4H3/q+1. The van der Waals surface area contributed by atoms with Gasteiger partial charge in [-0.05, 0) is 30.7 Å². The Morgan fingerprint density at radius 1 is 1.06 bits per heavy atom. The molecule has 0 N–H and O–H groups in total. The van der Waals surface area contributed by atoms with Gasteiger partial charge in [-0.3, -0.25) is 0 Å². The number of hydrogen-bond acceptors (Lipinski definition) is 1. The van der Waals surface area contributed by atoms with Crippen LogP contribution in [0.4, 0.5) is 0 Å². The van der Waals surface area contributed by atoms with Crippen molar-refractivity contribution in [1.29, 1.82) is 0 Å². The van der Waals surface area contributed by atoms with Gasteiger partial charge in [-0.1, -0.05) is 31.8 Å². The van der Waals surface area contributed by atoms with Gasteiger partial charge in [0.2, 0.25) is 0 Å². The summed E-state index contributed by atoms with van der Waals surface area (Å²) in [5, 5.41) is 1.22. The Bertz CT molecular complexity index is 511. The lowest BCUT2D eigenvalue weighted by Gasteiger charge is -2.09. The van der Waals surface area contributed by atoms with Crippen LogP contribution < -0.4 is 26.6 Å². The maximum atomic E-state index is 6.00. The minimum atomic E-state index is -1.29. The predicted octanol–water partition coefficient (Wildman–Crippen LogP) is 0.262. The number of rotatable bonds is 3. The molecule has 90 valence electrons. The minimum absolute atomic E-state index is 0.160. The van der Waals surface area contributed by atoms with Crippen molar-refractivity contribution in [2.24, 2.45) is 0 Å². The molecule has 1 aromatic heterocycles. The molecule has 0 unspecified atom stereocenters. The van der Waals surface area contributed by atoms with Crippen LogP contribution in [-0.2, 0) is 0 Å². The zero-order valence-electron chi connectivity index (χ0n) is 10.8. The molecule has 0 radical (unpaired) electrons. The molecular formula is C14H18IOSi+. The summed E-state index contributed by atoms with van der Waals surface area (Å²) in [6.45, 7) is 9.10. The maximum absolute atomic E-state index is 6.00. The van der Waals surface area contributed by atoms with E-state index in [9.17, 15) is 0 Å². The fraction of sp³-hybridized carbons (Fsp3) is 0.286. The second kappa shape index (κ2) is 4.98. The van der Waals surface area contributed by atoms with Gasteiger partial charge in [0.1, 0.15) is 8.07 Å². The molecule has 0 aliphatic carbocycles. The van der Waals surface area contributed by atoms with E-state index < -0.39 is 8.07 Å². The number of hydrogen-bond donors (Lipinski definition) is 0. The van der Waals surface area contributed by atoms with Crippen molar-refractivity contribution >= 4 is 13.5 Å². The summed E-state index contributed by atoms with van der Waals surface area (Å²) in [6, 6.07) is 13.1. The van der Waals surface area contributed by atoms with Gasteiger partial charge < -0.3 is 4.42 Å². The molecule has 0 fully saturated rings. The third-order valence-corrected chi connectivity index (χ3v) is 6.65. The van der Waals surface area contributed by atoms with Crippen molar-refractivity contribution in [2.45, 2.75) is 26.6 Å². The van der Waals surface area contributed by atoms with E-state index >= 15 is 0 Å². The van der Waals surface area contributed by atoms with Crippen LogP contribution in [0, 0.1) is 14.3 Å². The maximum Gasteiger partial charge on any atom is 0.400 e. The summed E-state index contributed by atoms with van der Waals surface area (Å²) >= 11 is -0.160. The van der Waals surface area contributed by atoms with E-state index in [0.717, 1.165) is 0 Å². The molecule has 1 nitrogen and oxygen atoms in total. The third-order valence-electron chi connectivity index (χ3n) is 2.49. The van der Waals surface area contributed by atoms with Gasteiger partial charge in [-0.15, -0.1) is 0 Å². The quantitative estimate of drug-likeness (QED) is 0.568. The zero-order chi connectivity index (χ0) is 12.5. The molecule has 0 saturated carbocycles. The van der Waals surface area contributed by atoms with Gasteiger partial charge in [-0.25, -0.2) is 0 Å². The molecule has 0 aliphatic heterocycles. The van der Waals surface area contributed by atoms with Gasteiger partial charge in [0.25, 0.3) is 0 Å². The monoisotopic (exact) mass is 357 g/mol. The first-order valence-electron chi connectivity index (χ1n) is 5.77. The molecule has 2 rings (SSSR count). The molecule has 0 spiro atoms. The van der Waals surface area contributed by atoms with E-state index in [1.54, 1.807) is 0 Å². The summed E-state index contributed by atoms with van der Waals surface area (Å²) in [4.78, 5) is 0. The van der Waals surface area contributed by atoms with E-state index in [-0.39, 0.29) is 21.2 Å². The fourth-order valence-electron chi connectivity index (χ4n) is 1.54. The van der Waals surface area contributed by atoms with Gasteiger partial charge >= 0.3 is 25.0 Å². The van der Waals surface area contributed by atoms with Crippen molar-refractivity contribution in [3.63, 3.8) is 0 Å². The molecular weight excluding hydrogens is 339 g/mol. The average molecular weight is 357 g/mol. The summed E-state index contributed by atoms with van der Waals surface area (Å²) in [7, 11) is -1.29. The minimum Gasteiger partial charge on any atom is -0.429 e. The number of halogens is 1. The Hall–Kier alpha value is -0.553. The lowest BCUT2D eigenvalue weighted by molar-refractivity contribution is -0.617. The smallest absolute Gasteiger partial charge is 0.400 e. The Labute approximate surface area is 115 Å². The van der Waals surface area contributed by atoms with E-state index in [1.165, 1.54) is 18.3 Å². The Kier molecular flexibility index (Phi) is 3.78. The van der Waals surface area contributed by atoms with Crippen LogP contribution in [0.25, 0.3) is 0 Å². The van der Waals surface area contributed by atoms with Crippen LogP contribution in [0.15, 0.2) is 40.8 Å². The van der Waals surface area contributed by atoms with Crippen LogP contribution in [-0.4, -0.2) is 8.07 Å². The molecule has 0 amide bonds. The summed E-state index contributed by atoms with van der Waals surface area (Å²) in [5.74, 6) is 0. The molecule has 1 heterocycles. The van der Waals surface area contributed by atoms with Crippen molar-refractivity contribution in [3.8, 4) is 0 Å². The molecule has 0 saturated heterocycles. The topological polar surface area (TPSA) is 13.1 Å². The van der Waals surface area contributed by atoms with Crippen LogP contribution in [0.3, 0.4) is 0 Å². The largest absolute Gasteiger partial charge is 0.429 e. The first-order chi connectivity index (χ1) is 7.95. The fourth-order valence-corrected chi connectivity index (χ4v) is 5.10. The van der Waals surface area contributed by atoms with E-state index in [2.05, 4.69) is 63.0 Å². The second-order valence-electron chi connectivity index (χ2n) is 5.25. The van der Waals surface area contributed by atoms with Crippen molar-refractivity contribution in [1.82, 2.24) is 0 Å². The van der Waals surface area contributed by atoms with E-state index in [4.69, 9.17) is 4.42 Å². The van der Waals surface area contributed by atoms with Gasteiger partial charge in [0.05, 0.1) is 5.38 Å². The SMILES string of the molecule is Cc1cccc([I+]c2ccc([Si](C)(C)C)o2)c1. The van der Waals surface area contributed by atoms with Crippen molar-refractivity contribution < 1.29 is 25.6 Å². The van der Waals surface area contributed by atoms with Crippen LogP contribution in [0.1, 0.15) is 5.56 Å². The zero-order valence-corrected chi connectivity index (χ0v) is 13.9. The molecule has 0 atom stereocenters.